The molecule has 1 aliphatic heterocycles. The zero-order valence-electron chi connectivity index (χ0n) is 27.3. The van der Waals surface area contributed by atoms with Crippen molar-refractivity contribution < 1.29 is 0 Å². The summed E-state index contributed by atoms with van der Waals surface area (Å²) in [5.74, 6) is 0. The van der Waals surface area contributed by atoms with Crippen LogP contribution in [0.25, 0.3) is 43.4 Å². The Morgan fingerprint density at radius 3 is 1.42 bits per heavy atom. The number of rotatable bonds is 4. The third-order valence-electron chi connectivity index (χ3n) is 11.1. The Balaban J connectivity index is 1.54. The van der Waals surface area contributed by atoms with Crippen LogP contribution in [0.5, 0.6) is 0 Å². The Labute approximate surface area is 282 Å². The van der Waals surface area contributed by atoms with Gasteiger partial charge < -0.3 is 4.39 Å². The average molecular weight is 614 g/mol. The smallest absolute Gasteiger partial charge is 0.296 e. The van der Waals surface area contributed by atoms with E-state index in [1.165, 1.54) is 76.7 Å². The maximum atomic E-state index is 2.47. The Kier molecular flexibility index (Phi) is 6.50. The van der Waals surface area contributed by atoms with Crippen LogP contribution in [0.4, 0.5) is 5.69 Å². The molecule has 8 aromatic carbocycles. The second-order valence-corrected chi connectivity index (χ2v) is 13.8. The average Bonchev–Trinajstić information content (AvgIpc) is 3.14. The third-order valence-corrected chi connectivity index (χ3v) is 11.1. The molecule has 228 valence electrons. The van der Waals surface area contributed by atoms with Crippen LogP contribution in [-0.2, 0) is 0 Å². The standard InChI is InChI=1S/C46H36BN/c1-48(2)44-23-13-12-22-43(44)45(36-17-4-3-5-18-36)46(40-25-24-33-14-6-9-19-37(33)30-40)47(48,41-28-26-34-15-7-10-20-38(34)31-41)42-29-27-35-16-8-11-21-39(35)32-42/h3-32H,1-2H3. The molecule has 0 amide bonds. The molecule has 48 heavy (non-hydrogen) atoms. The van der Waals surface area contributed by atoms with Crippen molar-refractivity contribution in [1.82, 2.24) is 4.39 Å². The van der Waals surface area contributed by atoms with E-state index < -0.39 is 6.28 Å². The molecule has 1 nitrogen and oxygen atoms in total. The van der Waals surface area contributed by atoms with Crippen molar-refractivity contribution in [2.75, 3.05) is 14.1 Å². The monoisotopic (exact) mass is 613 g/mol. The lowest BCUT2D eigenvalue weighted by atomic mass is 9.19. The van der Waals surface area contributed by atoms with Crippen molar-refractivity contribution in [2.24, 2.45) is 0 Å². The molecule has 0 unspecified atom stereocenters. The highest BCUT2D eigenvalue weighted by molar-refractivity contribution is 7.16. The SMILES string of the molecule is C[N+]1(C)c2ccccc2C(c2ccccc2)=C(c2ccc3ccccc3c2)[B-]1(c1ccc2ccccc2c1)c1ccc2ccccc2c1. The molecule has 8 aromatic rings. The van der Waals surface area contributed by atoms with Crippen LogP contribution in [0.1, 0.15) is 16.7 Å². The first kappa shape index (κ1) is 28.5. The van der Waals surface area contributed by atoms with E-state index in [1.54, 1.807) is 0 Å². The number of fused-ring (bicyclic) bond motifs is 4. The van der Waals surface area contributed by atoms with E-state index in [0.29, 0.717) is 4.39 Å². The second kappa shape index (κ2) is 10.9. The van der Waals surface area contributed by atoms with Gasteiger partial charge in [0.2, 0.25) is 0 Å². The largest absolute Gasteiger partial charge is 0.474 e. The lowest BCUT2D eigenvalue weighted by Crippen LogP contribution is -2.80. The molecule has 0 aliphatic carbocycles. The van der Waals surface area contributed by atoms with Gasteiger partial charge in [0.1, 0.15) is 0 Å². The number of quaternary nitrogens is 1. The lowest BCUT2D eigenvalue weighted by Gasteiger charge is -2.61. The van der Waals surface area contributed by atoms with Crippen LogP contribution < -0.4 is 15.3 Å². The Morgan fingerprint density at radius 2 is 0.833 bits per heavy atom. The minimum atomic E-state index is -1.71. The van der Waals surface area contributed by atoms with Gasteiger partial charge in [-0.15, -0.1) is 16.4 Å². The molecule has 0 atom stereocenters. The summed E-state index contributed by atoms with van der Waals surface area (Å²) < 4.78 is 0.672. The summed E-state index contributed by atoms with van der Waals surface area (Å²) >= 11 is 0. The van der Waals surface area contributed by atoms with Crippen molar-refractivity contribution >= 4 is 66.3 Å². The number of nitrogens with zero attached hydrogens (tertiary/aromatic N) is 1. The fourth-order valence-electron chi connectivity index (χ4n) is 8.94. The molecular formula is C46H36BN. The van der Waals surface area contributed by atoms with Crippen LogP contribution in [-0.4, -0.2) is 20.4 Å². The van der Waals surface area contributed by atoms with Gasteiger partial charge in [0, 0.05) is 19.7 Å². The van der Waals surface area contributed by atoms with E-state index in [9.17, 15) is 0 Å². The van der Waals surface area contributed by atoms with Crippen molar-refractivity contribution in [3.8, 4) is 0 Å². The predicted molar refractivity (Wildman–Crippen MR) is 209 cm³/mol. The minimum Gasteiger partial charge on any atom is -0.474 e. The molecule has 1 aliphatic rings. The topological polar surface area (TPSA) is 0 Å². The van der Waals surface area contributed by atoms with Gasteiger partial charge in [-0.3, -0.25) is 0 Å². The molecule has 0 spiro atoms. The highest BCUT2D eigenvalue weighted by Crippen LogP contribution is 2.50. The summed E-state index contributed by atoms with van der Waals surface area (Å²) in [7, 11) is 4.87. The highest BCUT2D eigenvalue weighted by Gasteiger charge is 2.53. The summed E-state index contributed by atoms with van der Waals surface area (Å²) in [6, 6.07) is 68.0. The summed E-state index contributed by atoms with van der Waals surface area (Å²) in [6.07, 6.45) is -1.71. The normalized spacial score (nSPS) is 15.1. The van der Waals surface area contributed by atoms with E-state index in [4.69, 9.17) is 0 Å². The highest BCUT2D eigenvalue weighted by atomic mass is 15.3. The van der Waals surface area contributed by atoms with Crippen LogP contribution >= 0.6 is 0 Å². The van der Waals surface area contributed by atoms with E-state index in [0.717, 1.165) is 0 Å². The van der Waals surface area contributed by atoms with Crippen molar-refractivity contribution in [1.29, 1.82) is 0 Å². The predicted octanol–water partition coefficient (Wildman–Crippen LogP) is 9.98. The minimum absolute atomic E-state index is 0.672. The summed E-state index contributed by atoms with van der Waals surface area (Å²) in [5, 5.41) is 7.53. The van der Waals surface area contributed by atoms with Crippen molar-refractivity contribution in [3.05, 3.63) is 199 Å². The Hall–Kier alpha value is -5.70. The van der Waals surface area contributed by atoms with Gasteiger partial charge in [-0.2, -0.15) is 0 Å². The summed E-state index contributed by atoms with van der Waals surface area (Å²) in [4.78, 5) is 0. The van der Waals surface area contributed by atoms with Crippen LogP contribution in [0.2, 0.25) is 0 Å². The van der Waals surface area contributed by atoms with Gasteiger partial charge in [-0.1, -0.05) is 169 Å². The first-order valence-corrected chi connectivity index (χ1v) is 16.9. The van der Waals surface area contributed by atoms with Gasteiger partial charge in [0.15, 0.2) is 0 Å². The first-order chi connectivity index (χ1) is 23.6. The fourth-order valence-corrected chi connectivity index (χ4v) is 8.94. The second-order valence-electron chi connectivity index (χ2n) is 13.8. The Morgan fingerprint density at radius 1 is 0.375 bits per heavy atom. The molecule has 0 radical (unpaired) electrons. The maximum Gasteiger partial charge on any atom is 0.296 e. The third kappa shape index (κ3) is 4.16. The van der Waals surface area contributed by atoms with Crippen LogP contribution in [0.15, 0.2) is 182 Å². The zero-order valence-corrected chi connectivity index (χ0v) is 27.3. The molecule has 0 N–H and O–H groups in total. The van der Waals surface area contributed by atoms with Crippen molar-refractivity contribution in [3.63, 3.8) is 0 Å². The Bertz CT molecular complexity index is 2460. The van der Waals surface area contributed by atoms with Gasteiger partial charge >= 0.3 is 0 Å². The molecule has 9 rings (SSSR count). The maximum absolute atomic E-state index is 2.47. The van der Waals surface area contributed by atoms with E-state index in [1.807, 2.05) is 0 Å². The molecular weight excluding hydrogens is 577 g/mol. The molecule has 0 aromatic heterocycles. The first-order valence-electron chi connectivity index (χ1n) is 16.9. The number of hydrogen-bond acceptors (Lipinski definition) is 0. The molecule has 0 fully saturated rings. The molecule has 0 bridgehead atoms. The van der Waals surface area contributed by atoms with E-state index in [-0.39, 0.29) is 0 Å². The van der Waals surface area contributed by atoms with E-state index in [2.05, 4.69) is 196 Å². The summed E-state index contributed by atoms with van der Waals surface area (Å²) in [5.41, 5.74) is 10.5. The fraction of sp³-hybridized carbons (Fsp3) is 0.0435. The number of hydrogen-bond donors (Lipinski definition) is 0. The molecule has 0 saturated carbocycles. The lowest BCUT2D eigenvalue weighted by molar-refractivity contribution is 0.610. The van der Waals surface area contributed by atoms with Crippen LogP contribution in [0.3, 0.4) is 0 Å². The zero-order chi connectivity index (χ0) is 32.3. The van der Waals surface area contributed by atoms with Gasteiger partial charge in [-0.25, -0.2) is 0 Å². The quantitative estimate of drug-likeness (QED) is 0.173. The van der Waals surface area contributed by atoms with Gasteiger partial charge in [0.05, 0.1) is 5.69 Å². The molecule has 0 saturated heterocycles. The summed E-state index contributed by atoms with van der Waals surface area (Å²) in [6.45, 7) is 0. The van der Waals surface area contributed by atoms with Crippen LogP contribution in [0, 0.1) is 0 Å². The van der Waals surface area contributed by atoms with E-state index >= 15 is 0 Å². The van der Waals surface area contributed by atoms with Gasteiger partial charge in [-0.05, 0) is 61.7 Å². The van der Waals surface area contributed by atoms with Crippen molar-refractivity contribution in [2.45, 2.75) is 0 Å². The number of para-hydroxylation sites is 1. The molecule has 1 heterocycles. The number of benzene rings is 8. The molecule has 2 heteroatoms. The van der Waals surface area contributed by atoms with Gasteiger partial charge in [0.25, 0.3) is 6.28 Å².